The van der Waals surface area contributed by atoms with Crippen LogP contribution in [0, 0.1) is 0 Å². The molecule has 0 spiro atoms. The minimum Gasteiger partial charge on any atom is -0.466 e. The molecule has 0 aromatic rings. The second kappa shape index (κ2) is 57.2. The third-order valence-corrected chi connectivity index (χ3v) is 15.3. The van der Waals surface area contributed by atoms with Crippen molar-refractivity contribution in [3.63, 3.8) is 0 Å². The number of hydrogen-bond donors (Lipinski definition) is 6. The van der Waals surface area contributed by atoms with Gasteiger partial charge in [-0.3, -0.25) is 9.59 Å². The zero-order chi connectivity index (χ0) is 57.3. The van der Waals surface area contributed by atoms with Crippen molar-refractivity contribution in [3.8, 4) is 0 Å². The number of carbonyl (C=O) groups is 2. The minimum absolute atomic E-state index is 0.00791. The molecule has 460 valence electrons. The number of esters is 1. The predicted octanol–water partition coefficient (Wildman–Crippen LogP) is 16.2. The van der Waals surface area contributed by atoms with Crippen LogP contribution in [0.5, 0.6) is 0 Å². The van der Waals surface area contributed by atoms with Crippen LogP contribution >= 0.6 is 0 Å². The Hall–Kier alpha value is -2.64. The van der Waals surface area contributed by atoms with Gasteiger partial charge in [-0.15, -0.1) is 0 Å². The lowest BCUT2D eigenvalue weighted by atomic mass is 9.99. The van der Waals surface area contributed by atoms with Crippen molar-refractivity contribution in [3.05, 3.63) is 60.8 Å². The lowest BCUT2D eigenvalue weighted by Gasteiger charge is -2.40. The third kappa shape index (κ3) is 46.5. The molecule has 1 saturated heterocycles. The molecule has 0 aromatic carbocycles. The molecule has 0 aromatic heterocycles. The van der Waals surface area contributed by atoms with Gasteiger partial charge < -0.3 is 45.1 Å². The van der Waals surface area contributed by atoms with Gasteiger partial charge in [0.1, 0.15) is 24.4 Å². The van der Waals surface area contributed by atoms with E-state index in [9.17, 15) is 35.1 Å². The molecule has 11 nitrogen and oxygen atoms in total. The predicted molar refractivity (Wildman–Crippen MR) is 329 cm³/mol. The fraction of sp³-hybridized carbons (Fsp3) is 0.824. The van der Waals surface area contributed by atoms with E-state index in [4.69, 9.17) is 14.2 Å². The maximum Gasteiger partial charge on any atom is 0.305 e. The van der Waals surface area contributed by atoms with Crippen molar-refractivity contribution in [2.24, 2.45) is 0 Å². The number of hydrogen-bond acceptors (Lipinski definition) is 10. The molecular weight excluding hydrogens is 991 g/mol. The molecule has 7 atom stereocenters. The molecule has 1 aliphatic rings. The molecular formula is C68H123NO10. The summed E-state index contributed by atoms with van der Waals surface area (Å²) in [4.78, 5) is 25.1. The highest BCUT2D eigenvalue weighted by atomic mass is 16.7. The van der Waals surface area contributed by atoms with Crippen molar-refractivity contribution >= 4 is 11.9 Å². The Morgan fingerprint density at radius 2 is 0.835 bits per heavy atom. The van der Waals surface area contributed by atoms with Crippen LogP contribution in [0.2, 0.25) is 0 Å². The molecule has 1 amide bonds. The van der Waals surface area contributed by atoms with Crippen molar-refractivity contribution in [1.82, 2.24) is 5.32 Å². The Morgan fingerprint density at radius 3 is 1.29 bits per heavy atom. The molecule has 1 fully saturated rings. The Kier molecular flexibility index (Phi) is 53.8. The molecule has 0 aliphatic carbocycles. The largest absolute Gasteiger partial charge is 0.466 e. The summed E-state index contributed by atoms with van der Waals surface area (Å²) in [5, 5.41) is 54.4. The smallest absolute Gasteiger partial charge is 0.305 e. The van der Waals surface area contributed by atoms with Gasteiger partial charge in [0.05, 0.1) is 32.0 Å². The number of ether oxygens (including phenoxy) is 3. The lowest BCUT2D eigenvalue weighted by Crippen LogP contribution is -2.60. The van der Waals surface area contributed by atoms with E-state index in [1.165, 1.54) is 193 Å². The van der Waals surface area contributed by atoms with Gasteiger partial charge in [0.2, 0.25) is 5.91 Å². The maximum atomic E-state index is 13.1. The van der Waals surface area contributed by atoms with Gasteiger partial charge in [-0.05, 0) is 103 Å². The summed E-state index contributed by atoms with van der Waals surface area (Å²) in [7, 11) is 0. The van der Waals surface area contributed by atoms with Crippen molar-refractivity contribution in [2.75, 3.05) is 19.8 Å². The zero-order valence-corrected chi connectivity index (χ0v) is 50.8. The number of rotatable bonds is 57. The Morgan fingerprint density at radius 1 is 0.456 bits per heavy atom. The first-order chi connectivity index (χ1) is 38.7. The molecule has 0 bridgehead atoms. The number of amides is 1. The third-order valence-electron chi connectivity index (χ3n) is 15.3. The summed E-state index contributed by atoms with van der Waals surface area (Å²) in [5.74, 6) is -0.207. The first kappa shape index (κ1) is 74.4. The van der Waals surface area contributed by atoms with Gasteiger partial charge >= 0.3 is 5.97 Å². The van der Waals surface area contributed by atoms with Crippen LogP contribution in [0.4, 0.5) is 0 Å². The molecule has 7 unspecified atom stereocenters. The van der Waals surface area contributed by atoms with E-state index in [-0.39, 0.29) is 18.5 Å². The lowest BCUT2D eigenvalue weighted by molar-refractivity contribution is -0.302. The molecule has 1 rings (SSSR count). The highest BCUT2D eigenvalue weighted by molar-refractivity contribution is 5.76. The van der Waals surface area contributed by atoms with Gasteiger partial charge in [-0.2, -0.15) is 0 Å². The number of unbranched alkanes of at least 4 members (excludes halogenated alkanes) is 35. The molecule has 0 saturated carbocycles. The van der Waals surface area contributed by atoms with Gasteiger partial charge in [-0.25, -0.2) is 0 Å². The highest BCUT2D eigenvalue weighted by Gasteiger charge is 2.44. The summed E-state index contributed by atoms with van der Waals surface area (Å²) < 4.78 is 16.7. The fourth-order valence-corrected chi connectivity index (χ4v) is 10.0. The Balaban J connectivity index is 2.04. The van der Waals surface area contributed by atoms with E-state index < -0.39 is 49.5 Å². The van der Waals surface area contributed by atoms with E-state index in [1.54, 1.807) is 6.08 Å². The van der Waals surface area contributed by atoms with Crippen molar-refractivity contribution in [1.29, 1.82) is 0 Å². The van der Waals surface area contributed by atoms with E-state index in [0.717, 1.165) is 77.0 Å². The zero-order valence-electron chi connectivity index (χ0n) is 50.8. The highest BCUT2D eigenvalue weighted by Crippen LogP contribution is 2.23. The first-order valence-corrected chi connectivity index (χ1v) is 33.1. The van der Waals surface area contributed by atoms with E-state index in [0.29, 0.717) is 19.4 Å². The second-order valence-corrected chi connectivity index (χ2v) is 22.8. The van der Waals surface area contributed by atoms with Crippen LogP contribution < -0.4 is 5.32 Å². The molecule has 0 radical (unpaired) electrons. The van der Waals surface area contributed by atoms with Crippen LogP contribution in [0.25, 0.3) is 0 Å². The molecule has 6 N–H and O–H groups in total. The number of carbonyl (C=O) groups excluding carboxylic acids is 2. The summed E-state index contributed by atoms with van der Waals surface area (Å²) in [5.41, 5.74) is 0. The van der Waals surface area contributed by atoms with E-state index >= 15 is 0 Å². The molecule has 1 heterocycles. The molecule has 1 aliphatic heterocycles. The van der Waals surface area contributed by atoms with E-state index in [1.807, 2.05) is 6.08 Å². The Bertz CT molecular complexity index is 1500. The van der Waals surface area contributed by atoms with E-state index in [2.05, 4.69) is 67.8 Å². The van der Waals surface area contributed by atoms with Gasteiger partial charge in [0.25, 0.3) is 0 Å². The summed E-state index contributed by atoms with van der Waals surface area (Å²) >= 11 is 0. The van der Waals surface area contributed by atoms with Crippen LogP contribution in [-0.2, 0) is 23.8 Å². The van der Waals surface area contributed by atoms with Crippen LogP contribution in [-0.4, -0.2) is 100 Å². The maximum absolute atomic E-state index is 13.1. The number of allylic oxidation sites excluding steroid dienone is 9. The molecule has 79 heavy (non-hydrogen) atoms. The quantitative estimate of drug-likeness (QED) is 0.0195. The van der Waals surface area contributed by atoms with Gasteiger partial charge in [-0.1, -0.05) is 242 Å². The first-order valence-electron chi connectivity index (χ1n) is 33.1. The summed E-state index contributed by atoms with van der Waals surface area (Å²) in [6.45, 7) is 4.27. The molecule has 11 heteroatoms. The summed E-state index contributed by atoms with van der Waals surface area (Å²) in [6, 6.07) is -0.837. The topological polar surface area (TPSA) is 175 Å². The monoisotopic (exact) mass is 1110 g/mol. The van der Waals surface area contributed by atoms with Crippen LogP contribution in [0.15, 0.2) is 60.8 Å². The van der Waals surface area contributed by atoms with Gasteiger partial charge in [0.15, 0.2) is 6.29 Å². The second-order valence-electron chi connectivity index (χ2n) is 22.8. The van der Waals surface area contributed by atoms with Gasteiger partial charge in [0, 0.05) is 12.8 Å². The van der Waals surface area contributed by atoms with Crippen molar-refractivity contribution in [2.45, 2.75) is 339 Å². The number of aliphatic hydroxyl groups excluding tert-OH is 5. The normalized spacial score (nSPS) is 18.8. The number of aliphatic hydroxyl groups is 5. The number of nitrogens with one attached hydrogen (secondary N) is 1. The average molecular weight is 1110 g/mol. The summed E-state index contributed by atoms with van der Waals surface area (Å²) in [6.07, 6.45) is 64.7. The fourth-order valence-electron chi connectivity index (χ4n) is 10.0. The van der Waals surface area contributed by atoms with Crippen molar-refractivity contribution < 1.29 is 49.3 Å². The minimum atomic E-state index is -1.58. The Labute approximate surface area is 484 Å². The SMILES string of the molecule is CCCC/C=C\CCCCCCCC(=O)OCCCCCCCCCCCCCC/C=C\CCCCCCCCCCCCC(=O)NC(COC1OC(CO)C(O)C(O)C1O)C(O)/C=C/CC/C=C/CC/C=C/CCCCCC. The standard InChI is InChI=1S/C68H123NO10/c1-3-5-7-9-11-13-15-16-31-35-38-42-46-50-54-61(71)60(59-78-68-67(76)66(75)65(74)62(58-70)79-68)69-63(72)55-51-47-43-39-36-32-29-27-25-23-21-19-17-18-20-22-24-26-28-30-33-37-41-45-49-53-57-77-64(73)56-52-48-44-40-34-14-12-10-8-6-4-2/h10,12-13,15,17,19,35,38,50,54,60-62,65-68,70-71,74-76H,3-9,11,14,16,18,20-34,36-37,39-49,51-53,55-59H2,1-2H3,(H,69,72)/b12-10-,15-13+,19-17-,38-35+,54-50+. The average Bonchev–Trinajstić information content (AvgIpc) is 3.46. The van der Waals surface area contributed by atoms with Crippen LogP contribution in [0.1, 0.15) is 296 Å². The van der Waals surface area contributed by atoms with Crippen LogP contribution in [0.3, 0.4) is 0 Å².